The predicted octanol–water partition coefficient (Wildman–Crippen LogP) is 6.35. The zero-order valence-corrected chi connectivity index (χ0v) is 28.2. The van der Waals surface area contributed by atoms with E-state index in [-0.39, 0.29) is 11.0 Å². The monoisotopic (exact) mass is 709 g/mol. The van der Waals surface area contributed by atoms with Crippen LogP contribution in [0.2, 0.25) is 5.02 Å². The van der Waals surface area contributed by atoms with Crippen molar-refractivity contribution in [2.24, 2.45) is 11.1 Å². The first kappa shape index (κ1) is 34.9. The maximum absolute atomic E-state index is 13.7. The molecule has 1 fully saturated rings. The highest BCUT2D eigenvalue weighted by molar-refractivity contribution is 7.92. The van der Waals surface area contributed by atoms with Crippen LogP contribution in [0, 0.1) is 5.41 Å². The Morgan fingerprint density at radius 1 is 0.915 bits per heavy atom. The SMILES string of the molecule is CC1(C)CCC(c2ccc(Cl)cc2)=C(CN2CCN(c3ccc(C(N)=O)c(S(=O)(=O)c4cccc(S(=O)(=O)C(F)(F)F)c4)c3)CC2)C1. The number of sulfone groups is 2. The molecular weight excluding hydrogens is 675 g/mol. The van der Waals surface area contributed by atoms with Crippen molar-refractivity contribution in [1.29, 1.82) is 0 Å². The number of nitrogens with zero attached hydrogens (tertiary/aromatic N) is 2. The number of nitrogens with two attached hydrogens (primary N) is 1. The summed E-state index contributed by atoms with van der Waals surface area (Å²) in [7, 11) is -10.5. The fourth-order valence-corrected chi connectivity index (χ4v) is 8.74. The molecule has 3 aromatic carbocycles. The number of carbonyl (C=O) groups is 1. The molecule has 0 radical (unpaired) electrons. The van der Waals surface area contributed by atoms with Crippen molar-refractivity contribution in [3.05, 3.63) is 88.5 Å². The maximum Gasteiger partial charge on any atom is 0.501 e. The fourth-order valence-electron chi connectivity index (χ4n) is 6.20. The highest BCUT2D eigenvalue weighted by atomic mass is 35.5. The lowest BCUT2D eigenvalue weighted by atomic mass is 9.73. The average molecular weight is 710 g/mol. The van der Waals surface area contributed by atoms with Gasteiger partial charge in [-0.1, -0.05) is 49.2 Å². The number of anilines is 1. The van der Waals surface area contributed by atoms with E-state index in [1.165, 1.54) is 28.8 Å². The van der Waals surface area contributed by atoms with E-state index in [1.807, 2.05) is 17.0 Å². The van der Waals surface area contributed by atoms with Gasteiger partial charge in [-0.05, 0) is 84.3 Å². The van der Waals surface area contributed by atoms with Gasteiger partial charge in [0, 0.05) is 43.4 Å². The molecule has 0 unspecified atom stereocenters. The fraction of sp³-hybridized carbons (Fsp3) is 0.364. The van der Waals surface area contributed by atoms with Gasteiger partial charge in [0.15, 0.2) is 0 Å². The first-order valence-electron chi connectivity index (χ1n) is 14.9. The van der Waals surface area contributed by atoms with Gasteiger partial charge in [-0.25, -0.2) is 16.8 Å². The summed E-state index contributed by atoms with van der Waals surface area (Å²) in [6.45, 7) is 7.77. The highest BCUT2D eigenvalue weighted by Gasteiger charge is 2.47. The second-order valence-electron chi connectivity index (χ2n) is 12.7. The molecule has 252 valence electrons. The van der Waals surface area contributed by atoms with Crippen LogP contribution in [0.4, 0.5) is 18.9 Å². The minimum atomic E-state index is -5.81. The van der Waals surface area contributed by atoms with E-state index < -0.39 is 45.8 Å². The zero-order chi connectivity index (χ0) is 34.4. The summed E-state index contributed by atoms with van der Waals surface area (Å²) in [5, 5.41) is 0.686. The molecule has 5 rings (SSSR count). The number of amides is 1. The van der Waals surface area contributed by atoms with Crippen LogP contribution in [0.3, 0.4) is 0 Å². The Balaban J connectivity index is 1.39. The number of benzene rings is 3. The van der Waals surface area contributed by atoms with Gasteiger partial charge in [0.1, 0.15) is 0 Å². The summed E-state index contributed by atoms with van der Waals surface area (Å²) in [5.41, 5.74) is 4.03. The molecule has 0 atom stereocenters. The second-order valence-corrected chi connectivity index (χ2v) is 17.0. The number of primary amides is 1. The van der Waals surface area contributed by atoms with Crippen molar-refractivity contribution < 1.29 is 34.8 Å². The molecular formula is C33H35ClF3N3O5S2. The van der Waals surface area contributed by atoms with Crippen molar-refractivity contribution in [1.82, 2.24) is 4.90 Å². The third kappa shape index (κ3) is 7.38. The van der Waals surface area contributed by atoms with Crippen molar-refractivity contribution in [3.63, 3.8) is 0 Å². The lowest BCUT2D eigenvalue weighted by Gasteiger charge is -2.39. The summed E-state index contributed by atoms with van der Waals surface area (Å²) in [6, 6.07) is 15.0. The topological polar surface area (TPSA) is 118 Å². The van der Waals surface area contributed by atoms with Crippen molar-refractivity contribution in [2.75, 3.05) is 37.6 Å². The predicted molar refractivity (Wildman–Crippen MR) is 175 cm³/mol. The Hall–Kier alpha value is -3.39. The molecule has 8 nitrogen and oxygen atoms in total. The molecule has 2 aliphatic rings. The molecule has 1 saturated heterocycles. The van der Waals surface area contributed by atoms with E-state index in [0.29, 0.717) is 49.0 Å². The van der Waals surface area contributed by atoms with E-state index >= 15 is 0 Å². The van der Waals surface area contributed by atoms with E-state index in [9.17, 15) is 34.8 Å². The van der Waals surface area contributed by atoms with Gasteiger partial charge in [-0.15, -0.1) is 0 Å². The van der Waals surface area contributed by atoms with E-state index in [2.05, 4.69) is 30.9 Å². The summed E-state index contributed by atoms with van der Waals surface area (Å²) in [4.78, 5) is 14.1. The molecule has 0 saturated carbocycles. The van der Waals surface area contributed by atoms with Crippen molar-refractivity contribution in [2.45, 2.75) is 53.3 Å². The number of piperazine rings is 1. The average Bonchev–Trinajstić information content (AvgIpc) is 3.01. The number of carbonyl (C=O) groups excluding carboxylic acids is 1. The van der Waals surface area contributed by atoms with Crippen molar-refractivity contribution >= 4 is 48.4 Å². The number of alkyl halides is 3. The molecule has 1 amide bonds. The summed E-state index contributed by atoms with van der Waals surface area (Å²) in [5.74, 6) is -1.06. The standard InChI is InChI=1S/C33H35ClF3N3O5S2/c1-32(2)13-12-28(22-6-8-24(34)9-7-22)23(20-32)21-39-14-16-40(17-15-39)25-10-11-29(31(38)41)30(18-25)46(42,43)26-4-3-5-27(19-26)47(44,45)33(35,36)37/h3-11,18-19H,12-17,20-21H2,1-2H3,(H2,38,41). The minimum absolute atomic E-state index is 0.174. The summed E-state index contributed by atoms with van der Waals surface area (Å²) >= 11 is 6.13. The Bertz CT molecular complexity index is 1940. The van der Waals surface area contributed by atoms with Gasteiger partial charge >= 0.3 is 5.51 Å². The number of halogens is 4. The minimum Gasteiger partial charge on any atom is -0.369 e. The van der Waals surface area contributed by atoms with Crippen LogP contribution >= 0.6 is 11.6 Å². The largest absolute Gasteiger partial charge is 0.501 e. The van der Waals surface area contributed by atoms with E-state index in [4.69, 9.17) is 17.3 Å². The first-order valence-corrected chi connectivity index (χ1v) is 18.3. The van der Waals surface area contributed by atoms with Crippen LogP contribution in [0.1, 0.15) is 49.0 Å². The van der Waals surface area contributed by atoms with Gasteiger partial charge < -0.3 is 10.6 Å². The van der Waals surface area contributed by atoms with E-state index in [0.717, 1.165) is 37.9 Å². The highest BCUT2D eigenvalue weighted by Crippen LogP contribution is 2.43. The summed E-state index contributed by atoms with van der Waals surface area (Å²) in [6.07, 6.45) is 3.02. The molecule has 14 heteroatoms. The number of hydrogen-bond donors (Lipinski definition) is 1. The van der Waals surface area contributed by atoms with Gasteiger partial charge in [-0.3, -0.25) is 9.69 Å². The second kappa shape index (κ2) is 12.9. The number of rotatable bonds is 8. The Morgan fingerprint density at radius 3 is 2.17 bits per heavy atom. The Kier molecular flexibility index (Phi) is 9.59. The smallest absolute Gasteiger partial charge is 0.369 e. The van der Waals surface area contributed by atoms with Crippen LogP contribution < -0.4 is 10.6 Å². The number of hydrogen-bond acceptors (Lipinski definition) is 7. The summed E-state index contributed by atoms with van der Waals surface area (Å²) < 4.78 is 90.9. The first-order chi connectivity index (χ1) is 21.9. The Morgan fingerprint density at radius 2 is 1.55 bits per heavy atom. The third-order valence-corrected chi connectivity index (χ3v) is 12.3. The number of allylic oxidation sites excluding steroid dienone is 1. The lowest BCUT2D eigenvalue weighted by molar-refractivity contribution is -0.0436. The van der Waals surface area contributed by atoms with Crippen LogP contribution in [-0.2, 0) is 19.7 Å². The maximum atomic E-state index is 13.7. The van der Waals surface area contributed by atoms with Gasteiger partial charge in [0.25, 0.3) is 9.84 Å². The van der Waals surface area contributed by atoms with Crippen LogP contribution in [0.5, 0.6) is 0 Å². The van der Waals surface area contributed by atoms with E-state index in [1.54, 1.807) is 6.07 Å². The molecule has 0 aromatic heterocycles. The molecule has 0 spiro atoms. The quantitative estimate of drug-likeness (QED) is 0.290. The normalized spacial score (nSPS) is 18.0. The van der Waals surface area contributed by atoms with Gasteiger partial charge in [0.2, 0.25) is 15.7 Å². The molecule has 1 aliphatic carbocycles. The molecule has 0 bridgehead atoms. The molecule has 3 aromatic rings. The molecule has 2 N–H and O–H groups in total. The Labute approximate surface area is 277 Å². The zero-order valence-electron chi connectivity index (χ0n) is 25.8. The lowest BCUT2D eigenvalue weighted by Crippen LogP contribution is -2.47. The van der Waals surface area contributed by atoms with Gasteiger partial charge in [0.05, 0.1) is 20.2 Å². The third-order valence-electron chi connectivity index (χ3n) is 8.77. The van der Waals surface area contributed by atoms with Crippen molar-refractivity contribution in [3.8, 4) is 0 Å². The molecule has 1 aliphatic heterocycles. The molecule has 47 heavy (non-hydrogen) atoms. The molecule has 1 heterocycles. The van der Waals surface area contributed by atoms with Crippen LogP contribution in [-0.4, -0.2) is 65.9 Å². The van der Waals surface area contributed by atoms with Crippen LogP contribution in [0.25, 0.3) is 5.57 Å². The van der Waals surface area contributed by atoms with Gasteiger partial charge in [-0.2, -0.15) is 13.2 Å². The van der Waals surface area contributed by atoms with Crippen LogP contribution in [0.15, 0.2) is 87.0 Å².